The Bertz CT molecular complexity index is 682. The first-order chi connectivity index (χ1) is 9.52. The highest BCUT2D eigenvalue weighted by molar-refractivity contribution is 7.12. The van der Waals surface area contributed by atoms with Gasteiger partial charge in [-0.25, -0.2) is 0 Å². The molecule has 0 unspecified atom stereocenters. The molecule has 4 heteroatoms. The molecule has 0 radical (unpaired) electrons. The second-order valence-corrected chi connectivity index (χ2v) is 6.20. The maximum atomic E-state index is 12.3. The number of benzene rings is 1. The minimum absolute atomic E-state index is 0.0853. The first kappa shape index (κ1) is 14.3. The zero-order valence-corrected chi connectivity index (χ0v) is 12.6. The van der Waals surface area contributed by atoms with E-state index in [1.807, 2.05) is 50.1 Å². The number of ketones is 1. The van der Waals surface area contributed by atoms with Crippen molar-refractivity contribution in [1.82, 2.24) is 0 Å². The van der Waals surface area contributed by atoms with Crippen LogP contribution in [0.25, 0.3) is 0 Å². The predicted molar refractivity (Wildman–Crippen MR) is 82.6 cm³/mol. The van der Waals surface area contributed by atoms with E-state index in [0.717, 1.165) is 21.0 Å². The highest BCUT2D eigenvalue weighted by Gasteiger charge is 2.15. The smallest absolute Gasteiger partial charge is 0.183 e. The monoisotopic (exact) mass is 284 g/mol. The Morgan fingerprint density at radius 1 is 1.35 bits per heavy atom. The van der Waals surface area contributed by atoms with Crippen molar-refractivity contribution in [2.75, 3.05) is 18.5 Å². The first-order valence-electron chi connectivity index (χ1n) is 6.33. The lowest BCUT2D eigenvalue weighted by Gasteiger charge is -2.19. The zero-order valence-electron chi connectivity index (χ0n) is 11.8. The summed E-state index contributed by atoms with van der Waals surface area (Å²) in [5, 5.41) is 9.11. The third kappa shape index (κ3) is 2.89. The largest absolute Gasteiger partial charge is 0.366 e. The second kappa shape index (κ2) is 5.89. The number of hydrogen-bond acceptors (Lipinski definition) is 4. The summed E-state index contributed by atoms with van der Waals surface area (Å²) < 4.78 is 0. The number of Topliss-reactive ketones (excluding diaryl/α,β-unsaturated/α-hetero) is 1. The average molecular weight is 284 g/mol. The van der Waals surface area contributed by atoms with Gasteiger partial charge in [-0.1, -0.05) is 12.1 Å². The topological polar surface area (TPSA) is 44.1 Å². The molecule has 3 nitrogen and oxygen atoms in total. The van der Waals surface area contributed by atoms with Gasteiger partial charge in [0.2, 0.25) is 0 Å². The number of para-hydroxylation sites is 1. The van der Waals surface area contributed by atoms with Gasteiger partial charge in [-0.2, -0.15) is 5.26 Å². The van der Waals surface area contributed by atoms with Crippen molar-refractivity contribution >= 4 is 22.8 Å². The van der Waals surface area contributed by atoms with Crippen LogP contribution in [0, 0.1) is 25.2 Å². The normalized spacial score (nSPS) is 10.1. The van der Waals surface area contributed by atoms with E-state index < -0.39 is 0 Å². The molecular weight excluding hydrogens is 268 g/mol. The fourth-order valence-corrected chi connectivity index (χ4v) is 3.14. The van der Waals surface area contributed by atoms with Gasteiger partial charge in [-0.15, -0.1) is 11.3 Å². The van der Waals surface area contributed by atoms with Gasteiger partial charge < -0.3 is 4.90 Å². The van der Waals surface area contributed by atoms with E-state index in [1.165, 1.54) is 0 Å². The highest BCUT2D eigenvalue weighted by atomic mass is 32.1. The van der Waals surface area contributed by atoms with E-state index in [1.54, 1.807) is 17.4 Å². The van der Waals surface area contributed by atoms with Gasteiger partial charge in [0.15, 0.2) is 5.78 Å². The molecule has 0 aliphatic carbocycles. The van der Waals surface area contributed by atoms with Crippen molar-refractivity contribution in [3.63, 3.8) is 0 Å². The highest BCUT2D eigenvalue weighted by Crippen LogP contribution is 2.23. The molecule has 102 valence electrons. The van der Waals surface area contributed by atoms with Gasteiger partial charge in [-0.05, 0) is 32.0 Å². The Kier molecular flexibility index (Phi) is 4.21. The van der Waals surface area contributed by atoms with E-state index in [-0.39, 0.29) is 12.3 Å². The molecule has 0 amide bonds. The van der Waals surface area contributed by atoms with Gasteiger partial charge in [-0.3, -0.25) is 4.79 Å². The molecule has 0 atom stereocenters. The van der Waals surface area contributed by atoms with Crippen molar-refractivity contribution in [2.45, 2.75) is 13.8 Å². The summed E-state index contributed by atoms with van der Waals surface area (Å²) in [6.07, 6.45) is 0. The fourth-order valence-electron chi connectivity index (χ4n) is 2.19. The van der Waals surface area contributed by atoms with Gasteiger partial charge in [0.05, 0.1) is 17.8 Å². The molecule has 0 saturated heterocycles. The zero-order chi connectivity index (χ0) is 14.7. The number of rotatable bonds is 4. The lowest BCUT2D eigenvalue weighted by atomic mass is 10.1. The SMILES string of the molecule is Cc1cc(C(=O)CN(C)c2ccccc2C#N)c(C)s1. The number of nitriles is 1. The van der Waals surface area contributed by atoms with Crippen LogP contribution in [0.15, 0.2) is 30.3 Å². The Balaban J connectivity index is 2.20. The standard InChI is InChI=1S/C16H16N2OS/c1-11-8-14(12(2)20-11)16(19)10-18(3)15-7-5-4-6-13(15)9-17/h4-8H,10H2,1-3H3. The van der Waals surface area contributed by atoms with Crippen LogP contribution in [-0.4, -0.2) is 19.4 Å². The molecule has 20 heavy (non-hydrogen) atoms. The third-order valence-electron chi connectivity index (χ3n) is 3.16. The summed E-state index contributed by atoms with van der Waals surface area (Å²) >= 11 is 1.64. The van der Waals surface area contributed by atoms with Crippen molar-refractivity contribution in [2.24, 2.45) is 0 Å². The number of carbonyl (C=O) groups is 1. The quantitative estimate of drug-likeness (QED) is 0.806. The molecule has 0 saturated carbocycles. The lowest BCUT2D eigenvalue weighted by molar-refractivity contribution is 0.1000. The van der Waals surface area contributed by atoms with Crippen molar-refractivity contribution in [3.05, 3.63) is 51.2 Å². The number of carbonyl (C=O) groups excluding carboxylic acids is 1. The molecule has 0 aliphatic heterocycles. The number of likely N-dealkylation sites (N-methyl/N-ethyl adjacent to an activating group) is 1. The molecular formula is C16H16N2OS. The molecule has 0 N–H and O–H groups in total. The molecule has 2 rings (SSSR count). The maximum absolute atomic E-state index is 12.3. The van der Waals surface area contributed by atoms with E-state index in [4.69, 9.17) is 5.26 Å². The van der Waals surface area contributed by atoms with E-state index in [0.29, 0.717) is 5.56 Å². The first-order valence-corrected chi connectivity index (χ1v) is 7.15. The van der Waals surface area contributed by atoms with Gasteiger partial charge in [0, 0.05) is 22.4 Å². The van der Waals surface area contributed by atoms with Crippen LogP contribution in [0.2, 0.25) is 0 Å². The molecule has 0 aliphatic rings. The minimum Gasteiger partial charge on any atom is -0.366 e. The van der Waals surface area contributed by atoms with E-state index >= 15 is 0 Å². The van der Waals surface area contributed by atoms with Crippen LogP contribution in [0.5, 0.6) is 0 Å². The van der Waals surface area contributed by atoms with Crippen LogP contribution in [0.1, 0.15) is 25.7 Å². The number of thiophene rings is 1. The fraction of sp³-hybridized carbons (Fsp3) is 0.250. The number of hydrogen-bond donors (Lipinski definition) is 0. The van der Waals surface area contributed by atoms with E-state index in [9.17, 15) is 4.79 Å². The van der Waals surface area contributed by atoms with Crippen LogP contribution < -0.4 is 4.90 Å². The van der Waals surface area contributed by atoms with Gasteiger partial charge in [0.25, 0.3) is 0 Å². The number of aryl methyl sites for hydroxylation is 2. The Morgan fingerprint density at radius 2 is 2.05 bits per heavy atom. The predicted octanol–water partition coefficient (Wildman–Crippen LogP) is 3.56. The summed E-state index contributed by atoms with van der Waals surface area (Å²) in [6, 6.07) is 11.4. The Hall–Kier alpha value is -2.12. The van der Waals surface area contributed by atoms with Crippen molar-refractivity contribution < 1.29 is 4.79 Å². The van der Waals surface area contributed by atoms with Crippen LogP contribution in [0.3, 0.4) is 0 Å². The van der Waals surface area contributed by atoms with Crippen LogP contribution in [0.4, 0.5) is 5.69 Å². The second-order valence-electron chi connectivity index (χ2n) is 4.74. The molecule has 2 aromatic rings. The summed E-state index contributed by atoms with van der Waals surface area (Å²) in [5.41, 5.74) is 2.16. The summed E-state index contributed by atoms with van der Waals surface area (Å²) in [6.45, 7) is 4.24. The van der Waals surface area contributed by atoms with Gasteiger partial charge in [0.1, 0.15) is 6.07 Å². The van der Waals surface area contributed by atoms with Crippen molar-refractivity contribution in [1.29, 1.82) is 5.26 Å². The minimum atomic E-state index is 0.0853. The number of anilines is 1. The Labute approximate surface area is 123 Å². The maximum Gasteiger partial charge on any atom is 0.183 e. The van der Waals surface area contributed by atoms with Crippen LogP contribution >= 0.6 is 11.3 Å². The third-order valence-corrected chi connectivity index (χ3v) is 4.12. The van der Waals surface area contributed by atoms with Crippen LogP contribution in [-0.2, 0) is 0 Å². The number of nitrogens with zero attached hydrogens (tertiary/aromatic N) is 2. The molecule has 1 heterocycles. The molecule has 0 bridgehead atoms. The molecule has 0 spiro atoms. The lowest BCUT2D eigenvalue weighted by Crippen LogP contribution is -2.26. The summed E-state index contributed by atoms with van der Waals surface area (Å²) in [4.78, 5) is 16.4. The molecule has 1 aromatic heterocycles. The molecule has 0 fully saturated rings. The van der Waals surface area contributed by atoms with E-state index in [2.05, 4.69) is 6.07 Å². The average Bonchev–Trinajstić information content (AvgIpc) is 2.77. The van der Waals surface area contributed by atoms with Gasteiger partial charge >= 0.3 is 0 Å². The van der Waals surface area contributed by atoms with Crippen molar-refractivity contribution in [3.8, 4) is 6.07 Å². The summed E-state index contributed by atoms with van der Waals surface area (Å²) in [5.74, 6) is 0.0853. The molecule has 1 aromatic carbocycles. The Morgan fingerprint density at radius 3 is 2.65 bits per heavy atom. The summed E-state index contributed by atoms with van der Waals surface area (Å²) in [7, 11) is 1.84.